The summed E-state index contributed by atoms with van der Waals surface area (Å²) in [5, 5.41) is 0.992. The van der Waals surface area contributed by atoms with Crippen molar-refractivity contribution in [1.29, 1.82) is 0 Å². The number of fused-ring (bicyclic) bond motifs is 1. The molecule has 2 aromatic carbocycles. The van der Waals surface area contributed by atoms with E-state index in [-0.39, 0.29) is 5.63 Å². The molecular formula is C22H22O3. The molecule has 0 amide bonds. The van der Waals surface area contributed by atoms with Gasteiger partial charge in [0.1, 0.15) is 17.9 Å². The second kappa shape index (κ2) is 7.84. The Bertz CT molecular complexity index is 937. The predicted molar refractivity (Wildman–Crippen MR) is 102 cm³/mol. The molecule has 3 aromatic rings. The highest BCUT2D eigenvalue weighted by Crippen LogP contribution is 2.29. The van der Waals surface area contributed by atoms with E-state index in [2.05, 4.69) is 6.92 Å². The van der Waals surface area contributed by atoms with E-state index in [1.54, 1.807) is 6.07 Å². The summed E-state index contributed by atoms with van der Waals surface area (Å²) in [5.41, 5.74) is 3.35. The highest BCUT2D eigenvalue weighted by Gasteiger charge is 2.11. The topological polar surface area (TPSA) is 39.4 Å². The van der Waals surface area contributed by atoms with Gasteiger partial charge in [-0.15, -0.1) is 0 Å². The van der Waals surface area contributed by atoms with E-state index in [0.717, 1.165) is 40.7 Å². The average molecular weight is 334 g/mol. The van der Waals surface area contributed by atoms with Crippen LogP contribution in [0.25, 0.3) is 17.0 Å². The molecular weight excluding hydrogens is 312 g/mol. The Labute approximate surface area is 147 Å². The van der Waals surface area contributed by atoms with Gasteiger partial charge in [-0.2, -0.15) is 0 Å². The third kappa shape index (κ3) is 4.00. The van der Waals surface area contributed by atoms with Crippen molar-refractivity contribution in [1.82, 2.24) is 0 Å². The minimum atomic E-state index is -0.305. The van der Waals surface area contributed by atoms with Gasteiger partial charge >= 0.3 is 5.63 Å². The molecule has 0 saturated carbocycles. The minimum Gasteiger partial charge on any atom is -0.489 e. The molecule has 0 N–H and O–H groups in total. The fourth-order valence-electron chi connectivity index (χ4n) is 2.93. The summed E-state index contributed by atoms with van der Waals surface area (Å²) in [7, 11) is 0. The van der Waals surface area contributed by atoms with Crippen molar-refractivity contribution in [3.05, 3.63) is 81.7 Å². The van der Waals surface area contributed by atoms with Crippen molar-refractivity contribution < 1.29 is 9.15 Å². The zero-order valence-corrected chi connectivity index (χ0v) is 14.6. The minimum absolute atomic E-state index is 0.305. The number of benzene rings is 2. The first-order valence-corrected chi connectivity index (χ1v) is 8.59. The average Bonchev–Trinajstić information content (AvgIpc) is 2.62. The van der Waals surface area contributed by atoms with Gasteiger partial charge in [0.2, 0.25) is 0 Å². The Morgan fingerprint density at radius 1 is 1.12 bits per heavy atom. The van der Waals surface area contributed by atoms with E-state index in [1.807, 2.05) is 61.5 Å². The summed E-state index contributed by atoms with van der Waals surface area (Å²) in [6.45, 7) is 4.49. The maximum atomic E-state index is 11.8. The van der Waals surface area contributed by atoms with Gasteiger partial charge < -0.3 is 9.15 Å². The van der Waals surface area contributed by atoms with Crippen LogP contribution in [-0.4, -0.2) is 6.61 Å². The Hall–Kier alpha value is -2.81. The summed E-state index contributed by atoms with van der Waals surface area (Å²) in [5.74, 6) is 0.738. The van der Waals surface area contributed by atoms with Crippen molar-refractivity contribution in [2.45, 2.75) is 26.7 Å². The first-order valence-electron chi connectivity index (χ1n) is 8.59. The molecule has 0 unspecified atom stereocenters. The van der Waals surface area contributed by atoms with Gasteiger partial charge in [0.25, 0.3) is 0 Å². The lowest BCUT2D eigenvalue weighted by atomic mass is 10.0. The van der Waals surface area contributed by atoms with E-state index >= 15 is 0 Å². The molecule has 3 nitrogen and oxygen atoms in total. The lowest BCUT2D eigenvalue weighted by Crippen LogP contribution is -2.03. The molecule has 3 heteroatoms. The van der Waals surface area contributed by atoms with E-state index in [4.69, 9.17) is 9.15 Å². The largest absolute Gasteiger partial charge is 0.489 e. The molecule has 1 heterocycles. The summed E-state index contributed by atoms with van der Waals surface area (Å²) < 4.78 is 11.3. The van der Waals surface area contributed by atoms with Crippen LogP contribution in [-0.2, 0) is 6.42 Å². The third-order valence-corrected chi connectivity index (χ3v) is 4.16. The van der Waals surface area contributed by atoms with E-state index in [0.29, 0.717) is 12.2 Å². The zero-order chi connectivity index (χ0) is 17.6. The Morgan fingerprint density at radius 3 is 2.68 bits per heavy atom. The van der Waals surface area contributed by atoms with E-state index in [1.165, 1.54) is 0 Å². The lowest BCUT2D eigenvalue weighted by Gasteiger charge is -2.11. The smallest absolute Gasteiger partial charge is 0.336 e. The standard InChI is InChI=1S/C22H22O3/c1-3-8-18-15-21(23)25-22-16(2)20(13-12-19(18)22)24-14-7-11-17-9-5-4-6-10-17/h4-7,9-13,15H,3,8,14H2,1-2H3/b11-7+. The van der Waals surface area contributed by atoms with E-state index < -0.39 is 0 Å². The van der Waals surface area contributed by atoms with Crippen molar-refractivity contribution in [3.8, 4) is 5.75 Å². The second-order valence-corrected chi connectivity index (χ2v) is 6.03. The molecule has 25 heavy (non-hydrogen) atoms. The van der Waals surface area contributed by atoms with Gasteiger partial charge in [-0.25, -0.2) is 4.79 Å². The molecule has 0 aliphatic rings. The van der Waals surface area contributed by atoms with Gasteiger partial charge in [0.05, 0.1) is 0 Å². The number of ether oxygens (including phenoxy) is 1. The van der Waals surface area contributed by atoms with Crippen molar-refractivity contribution in [2.24, 2.45) is 0 Å². The van der Waals surface area contributed by atoms with Crippen molar-refractivity contribution in [2.75, 3.05) is 6.61 Å². The summed E-state index contributed by atoms with van der Waals surface area (Å²) in [4.78, 5) is 11.8. The Kier molecular flexibility index (Phi) is 5.34. The van der Waals surface area contributed by atoms with Crippen LogP contribution in [0, 0.1) is 6.92 Å². The lowest BCUT2D eigenvalue weighted by molar-refractivity contribution is 0.360. The van der Waals surface area contributed by atoms with Gasteiger partial charge in [-0.05, 0) is 42.7 Å². The predicted octanol–water partition coefficient (Wildman–Crippen LogP) is 5.15. The number of aryl methyl sites for hydroxylation is 2. The molecule has 0 spiro atoms. The van der Waals surface area contributed by atoms with Gasteiger partial charge in [0, 0.05) is 17.0 Å². The van der Waals surface area contributed by atoms with Crippen LogP contribution in [0.15, 0.2) is 63.8 Å². The SMILES string of the molecule is CCCc1cc(=O)oc2c(C)c(OC/C=C/c3ccccc3)ccc12. The maximum absolute atomic E-state index is 11.8. The van der Waals surface area contributed by atoms with Crippen LogP contribution in [0.3, 0.4) is 0 Å². The fourth-order valence-corrected chi connectivity index (χ4v) is 2.93. The molecule has 0 bridgehead atoms. The van der Waals surface area contributed by atoms with Gasteiger partial charge in [-0.3, -0.25) is 0 Å². The molecule has 0 aliphatic heterocycles. The van der Waals surface area contributed by atoms with Crippen LogP contribution < -0.4 is 10.4 Å². The van der Waals surface area contributed by atoms with Gasteiger partial charge in [-0.1, -0.05) is 49.8 Å². The zero-order valence-electron chi connectivity index (χ0n) is 14.6. The Balaban J connectivity index is 1.82. The molecule has 0 atom stereocenters. The first-order chi connectivity index (χ1) is 12.2. The third-order valence-electron chi connectivity index (χ3n) is 4.16. The monoisotopic (exact) mass is 334 g/mol. The molecule has 0 radical (unpaired) electrons. The number of rotatable bonds is 6. The molecule has 3 rings (SSSR count). The summed E-state index contributed by atoms with van der Waals surface area (Å²) in [6, 6.07) is 15.6. The molecule has 1 aromatic heterocycles. The molecule has 128 valence electrons. The van der Waals surface area contributed by atoms with Crippen LogP contribution in [0.2, 0.25) is 0 Å². The highest BCUT2D eigenvalue weighted by atomic mass is 16.5. The number of hydrogen-bond donors (Lipinski definition) is 0. The van der Waals surface area contributed by atoms with Crippen molar-refractivity contribution >= 4 is 17.0 Å². The highest BCUT2D eigenvalue weighted by molar-refractivity contribution is 5.85. The molecule has 0 saturated heterocycles. The summed E-state index contributed by atoms with van der Waals surface area (Å²) in [6.07, 6.45) is 5.85. The Morgan fingerprint density at radius 2 is 1.92 bits per heavy atom. The van der Waals surface area contributed by atoms with Crippen LogP contribution in [0.4, 0.5) is 0 Å². The van der Waals surface area contributed by atoms with Crippen LogP contribution >= 0.6 is 0 Å². The quantitative estimate of drug-likeness (QED) is 0.586. The molecule has 0 aliphatic carbocycles. The molecule has 0 fully saturated rings. The summed E-state index contributed by atoms with van der Waals surface area (Å²) >= 11 is 0. The first kappa shape index (κ1) is 17.0. The van der Waals surface area contributed by atoms with Crippen LogP contribution in [0.1, 0.15) is 30.0 Å². The maximum Gasteiger partial charge on any atom is 0.336 e. The van der Waals surface area contributed by atoms with E-state index in [9.17, 15) is 4.79 Å². The van der Waals surface area contributed by atoms with Crippen LogP contribution in [0.5, 0.6) is 5.75 Å². The van der Waals surface area contributed by atoms with Gasteiger partial charge in [0.15, 0.2) is 0 Å². The van der Waals surface area contributed by atoms with Crippen molar-refractivity contribution in [3.63, 3.8) is 0 Å². The normalized spacial score (nSPS) is 11.3. The second-order valence-electron chi connectivity index (χ2n) is 6.03. The number of hydrogen-bond acceptors (Lipinski definition) is 3. The fraction of sp³-hybridized carbons (Fsp3) is 0.227.